The van der Waals surface area contributed by atoms with Crippen LogP contribution < -0.4 is 10.1 Å². The highest BCUT2D eigenvalue weighted by Gasteiger charge is 2.31. The molecule has 112 valence electrons. The van der Waals surface area contributed by atoms with Crippen molar-refractivity contribution >= 4 is 11.3 Å². The average molecular weight is 314 g/mol. The molecule has 1 aliphatic carbocycles. The van der Waals surface area contributed by atoms with E-state index in [-0.39, 0.29) is 5.75 Å². The lowest BCUT2D eigenvalue weighted by atomic mass is 10.2. The van der Waals surface area contributed by atoms with Gasteiger partial charge >= 0.3 is 6.36 Å². The van der Waals surface area contributed by atoms with Gasteiger partial charge < -0.3 is 10.1 Å². The molecule has 0 amide bonds. The fourth-order valence-corrected chi connectivity index (χ4v) is 2.68. The number of aromatic nitrogens is 1. The fourth-order valence-electron chi connectivity index (χ4n) is 1.86. The Bertz CT molecular complexity index is 605. The zero-order valence-corrected chi connectivity index (χ0v) is 11.8. The van der Waals surface area contributed by atoms with E-state index in [1.54, 1.807) is 12.1 Å². The maximum atomic E-state index is 12.1. The van der Waals surface area contributed by atoms with Gasteiger partial charge in [-0.05, 0) is 37.1 Å². The number of hydrogen-bond donors (Lipinski definition) is 1. The lowest BCUT2D eigenvalue weighted by molar-refractivity contribution is -0.274. The molecule has 0 saturated heterocycles. The van der Waals surface area contributed by atoms with Crippen molar-refractivity contribution < 1.29 is 17.9 Å². The molecule has 0 spiro atoms. The van der Waals surface area contributed by atoms with E-state index in [0.29, 0.717) is 6.04 Å². The Morgan fingerprint density at radius 1 is 1.24 bits per heavy atom. The van der Waals surface area contributed by atoms with Gasteiger partial charge in [0.15, 0.2) is 0 Å². The van der Waals surface area contributed by atoms with Crippen LogP contribution >= 0.6 is 11.3 Å². The molecule has 0 atom stereocenters. The first-order valence-electron chi connectivity index (χ1n) is 6.53. The van der Waals surface area contributed by atoms with Crippen molar-refractivity contribution in [3.63, 3.8) is 0 Å². The van der Waals surface area contributed by atoms with Crippen molar-refractivity contribution in [2.24, 2.45) is 0 Å². The summed E-state index contributed by atoms with van der Waals surface area (Å²) in [6.45, 7) is 0.733. The first kappa shape index (κ1) is 14.3. The third-order valence-corrected chi connectivity index (χ3v) is 3.98. The highest BCUT2D eigenvalue weighted by Crippen LogP contribution is 2.28. The van der Waals surface area contributed by atoms with Crippen LogP contribution in [-0.4, -0.2) is 17.4 Å². The zero-order valence-electron chi connectivity index (χ0n) is 11.0. The molecule has 0 aliphatic heterocycles. The van der Waals surface area contributed by atoms with Crippen LogP contribution in [-0.2, 0) is 6.54 Å². The Balaban J connectivity index is 1.65. The summed E-state index contributed by atoms with van der Waals surface area (Å²) >= 11 is 1.48. The van der Waals surface area contributed by atoms with E-state index in [1.807, 2.05) is 5.38 Å². The van der Waals surface area contributed by atoms with Crippen LogP contribution in [0, 0.1) is 0 Å². The number of halogens is 3. The third-order valence-electron chi connectivity index (χ3n) is 3.04. The number of alkyl halides is 3. The van der Waals surface area contributed by atoms with E-state index in [1.165, 1.54) is 36.3 Å². The molecule has 2 aromatic rings. The number of rotatable bonds is 5. The first-order chi connectivity index (χ1) is 9.99. The molecule has 0 unspecified atom stereocenters. The van der Waals surface area contributed by atoms with Gasteiger partial charge in [-0.2, -0.15) is 0 Å². The largest absolute Gasteiger partial charge is 0.573 e. The first-order valence-corrected chi connectivity index (χ1v) is 7.41. The van der Waals surface area contributed by atoms with Crippen LogP contribution in [0.5, 0.6) is 5.75 Å². The Kier molecular flexibility index (Phi) is 3.86. The minimum absolute atomic E-state index is 0.224. The topological polar surface area (TPSA) is 34.1 Å². The van der Waals surface area contributed by atoms with Gasteiger partial charge in [0, 0.05) is 23.5 Å². The molecule has 0 bridgehead atoms. The van der Waals surface area contributed by atoms with Crippen molar-refractivity contribution in [1.82, 2.24) is 10.3 Å². The van der Waals surface area contributed by atoms with Crippen LogP contribution in [0.15, 0.2) is 29.6 Å². The van der Waals surface area contributed by atoms with Crippen molar-refractivity contribution in [3.05, 3.63) is 35.3 Å². The molecule has 1 heterocycles. The fraction of sp³-hybridized carbons (Fsp3) is 0.357. The summed E-state index contributed by atoms with van der Waals surface area (Å²) in [5, 5.41) is 6.13. The van der Waals surface area contributed by atoms with Gasteiger partial charge in [-0.3, -0.25) is 0 Å². The predicted molar refractivity (Wildman–Crippen MR) is 74.1 cm³/mol. The summed E-state index contributed by atoms with van der Waals surface area (Å²) in [5.41, 5.74) is 1.74. The van der Waals surface area contributed by atoms with Crippen molar-refractivity contribution in [2.75, 3.05) is 0 Å². The third kappa shape index (κ3) is 4.18. The number of hydrogen-bond acceptors (Lipinski definition) is 4. The highest BCUT2D eigenvalue weighted by molar-refractivity contribution is 7.13. The van der Waals surface area contributed by atoms with E-state index in [2.05, 4.69) is 15.0 Å². The average Bonchev–Trinajstić information content (AvgIpc) is 3.13. The summed E-state index contributed by atoms with van der Waals surface area (Å²) in [6.07, 6.45) is -2.22. The van der Waals surface area contributed by atoms with Gasteiger partial charge in [0.25, 0.3) is 0 Å². The van der Waals surface area contributed by atoms with Gasteiger partial charge in [0.1, 0.15) is 10.8 Å². The van der Waals surface area contributed by atoms with E-state index in [9.17, 15) is 13.2 Å². The summed E-state index contributed by atoms with van der Waals surface area (Å²) < 4.78 is 40.1. The van der Waals surface area contributed by atoms with Crippen molar-refractivity contribution in [1.29, 1.82) is 0 Å². The van der Waals surface area contributed by atoms with Gasteiger partial charge in [-0.1, -0.05) is 0 Å². The smallest absolute Gasteiger partial charge is 0.406 e. The second-order valence-electron chi connectivity index (χ2n) is 4.87. The van der Waals surface area contributed by atoms with E-state index < -0.39 is 6.36 Å². The molecular weight excluding hydrogens is 301 g/mol. The number of ether oxygens (including phenoxy) is 1. The molecule has 7 heteroatoms. The molecular formula is C14H13F3N2OS. The molecule has 3 rings (SSSR count). The Morgan fingerprint density at radius 2 is 1.95 bits per heavy atom. The molecule has 1 N–H and O–H groups in total. The SMILES string of the molecule is FC(F)(F)Oc1ccc(-c2nc(CNC3CC3)cs2)cc1. The molecule has 1 aliphatic rings. The van der Waals surface area contributed by atoms with Gasteiger partial charge in [0.2, 0.25) is 0 Å². The zero-order chi connectivity index (χ0) is 14.9. The van der Waals surface area contributed by atoms with E-state index in [0.717, 1.165) is 22.8 Å². The van der Waals surface area contributed by atoms with Crippen LogP contribution in [0.2, 0.25) is 0 Å². The lowest BCUT2D eigenvalue weighted by Crippen LogP contribution is -2.16. The van der Waals surface area contributed by atoms with Gasteiger partial charge in [-0.25, -0.2) is 4.98 Å². The van der Waals surface area contributed by atoms with Crippen LogP contribution in [0.1, 0.15) is 18.5 Å². The van der Waals surface area contributed by atoms with E-state index >= 15 is 0 Å². The maximum absolute atomic E-state index is 12.1. The molecule has 1 saturated carbocycles. The Hall–Kier alpha value is -1.60. The van der Waals surface area contributed by atoms with Gasteiger partial charge in [-0.15, -0.1) is 24.5 Å². The second-order valence-corrected chi connectivity index (χ2v) is 5.73. The molecule has 0 radical (unpaired) electrons. The predicted octanol–water partition coefficient (Wildman–Crippen LogP) is 3.96. The van der Waals surface area contributed by atoms with Crippen molar-refractivity contribution in [2.45, 2.75) is 31.8 Å². The van der Waals surface area contributed by atoms with Gasteiger partial charge in [0.05, 0.1) is 5.69 Å². The number of nitrogens with one attached hydrogen (secondary N) is 1. The number of nitrogens with zero attached hydrogens (tertiary/aromatic N) is 1. The standard InChI is InChI=1S/C14H13F3N2OS/c15-14(16,17)20-12-5-1-9(2-6-12)13-19-11(8-21-13)7-18-10-3-4-10/h1-2,5-6,8,10,18H,3-4,7H2. The summed E-state index contributed by atoms with van der Waals surface area (Å²) in [4.78, 5) is 4.48. The molecule has 1 aromatic carbocycles. The van der Waals surface area contributed by atoms with Crippen molar-refractivity contribution in [3.8, 4) is 16.3 Å². The van der Waals surface area contributed by atoms with Crippen LogP contribution in [0.25, 0.3) is 10.6 Å². The normalized spacial score (nSPS) is 15.2. The molecule has 1 aromatic heterocycles. The Morgan fingerprint density at radius 3 is 2.57 bits per heavy atom. The molecule has 3 nitrogen and oxygen atoms in total. The number of benzene rings is 1. The lowest BCUT2D eigenvalue weighted by Gasteiger charge is -2.08. The minimum atomic E-state index is -4.66. The van der Waals surface area contributed by atoms with Crippen LogP contribution in [0.3, 0.4) is 0 Å². The summed E-state index contributed by atoms with van der Waals surface area (Å²) in [7, 11) is 0. The quantitative estimate of drug-likeness (QED) is 0.907. The molecule has 1 fully saturated rings. The molecule has 21 heavy (non-hydrogen) atoms. The highest BCUT2D eigenvalue weighted by atomic mass is 32.1. The summed E-state index contributed by atoms with van der Waals surface area (Å²) in [6, 6.07) is 6.38. The Labute approximate surface area is 123 Å². The van der Waals surface area contributed by atoms with Crippen LogP contribution in [0.4, 0.5) is 13.2 Å². The number of thiazole rings is 1. The minimum Gasteiger partial charge on any atom is -0.406 e. The van der Waals surface area contributed by atoms with E-state index in [4.69, 9.17) is 0 Å². The summed E-state index contributed by atoms with van der Waals surface area (Å²) in [5.74, 6) is -0.224. The monoisotopic (exact) mass is 314 g/mol. The second kappa shape index (κ2) is 5.65. The maximum Gasteiger partial charge on any atom is 0.573 e.